The van der Waals surface area contributed by atoms with Gasteiger partial charge in [-0.1, -0.05) is 11.8 Å². The summed E-state index contributed by atoms with van der Waals surface area (Å²) in [7, 11) is 3.36. The Bertz CT molecular complexity index is 1430. The molecule has 0 amide bonds. The van der Waals surface area contributed by atoms with Crippen molar-refractivity contribution in [2.45, 2.75) is 22.9 Å². The number of fused-ring (bicyclic) bond motifs is 2. The Hall–Kier alpha value is -3.85. The van der Waals surface area contributed by atoms with Crippen LogP contribution in [0.5, 0.6) is 34.5 Å². The summed E-state index contributed by atoms with van der Waals surface area (Å²) in [6.45, 7) is 3.37. The van der Waals surface area contributed by atoms with Crippen molar-refractivity contribution in [3.8, 4) is 34.5 Å². The molecule has 4 aromatic carbocycles. The van der Waals surface area contributed by atoms with E-state index in [4.69, 9.17) is 23.7 Å². The molecule has 200 valence electrons. The molecule has 0 atom stereocenters. The highest BCUT2D eigenvalue weighted by Gasteiger charge is 2.24. The van der Waals surface area contributed by atoms with Crippen LogP contribution in [0.3, 0.4) is 0 Å². The van der Waals surface area contributed by atoms with Crippen molar-refractivity contribution in [2.24, 2.45) is 0 Å². The lowest BCUT2D eigenvalue weighted by molar-refractivity contribution is -0.00353. The molecule has 0 aromatic heterocycles. The van der Waals surface area contributed by atoms with Crippen molar-refractivity contribution in [1.29, 1.82) is 0 Å². The topological polar surface area (TPSA) is 52.6 Å². The molecule has 0 aliphatic carbocycles. The molecule has 0 radical (unpaired) electrons. The summed E-state index contributed by atoms with van der Waals surface area (Å²) in [5, 5.41) is 0. The van der Waals surface area contributed by atoms with E-state index in [0.29, 0.717) is 13.5 Å². The van der Waals surface area contributed by atoms with Crippen LogP contribution in [0.2, 0.25) is 0 Å². The second-order valence-electron chi connectivity index (χ2n) is 9.44. The van der Waals surface area contributed by atoms with E-state index in [-0.39, 0.29) is 0 Å². The number of hydrogen-bond donors (Lipinski definition) is 0. The van der Waals surface area contributed by atoms with Crippen molar-refractivity contribution >= 4 is 11.8 Å². The van der Waals surface area contributed by atoms with E-state index in [9.17, 15) is 0 Å². The maximum absolute atomic E-state index is 6.18. The van der Waals surface area contributed by atoms with Crippen LogP contribution in [0.25, 0.3) is 0 Å². The average molecular weight is 543 g/mol. The number of rotatable bonds is 8. The molecule has 6 rings (SSSR count). The van der Waals surface area contributed by atoms with Gasteiger partial charge in [0.15, 0.2) is 0 Å². The molecule has 0 bridgehead atoms. The first-order valence-corrected chi connectivity index (χ1v) is 13.6. The fraction of sp³-hybridized carbons (Fsp3) is 0.226. The van der Waals surface area contributed by atoms with Gasteiger partial charge in [0.25, 0.3) is 0 Å². The fourth-order valence-electron chi connectivity index (χ4n) is 4.68. The second kappa shape index (κ2) is 11.5. The quantitative estimate of drug-likeness (QED) is 0.247. The van der Waals surface area contributed by atoms with Gasteiger partial charge < -0.3 is 23.7 Å². The molecule has 0 unspecified atom stereocenters. The van der Waals surface area contributed by atoms with Crippen molar-refractivity contribution in [2.75, 3.05) is 34.3 Å². The average Bonchev–Trinajstić information content (AvgIpc) is 2.98. The number of methoxy groups -OCH3 is 2. The summed E-state index contributed by atoms with van der Waals surface area (Å²) in [6.07, 6.45) is 0. The van der Waals surface area contributed by atoms with Gasteiger partial charge in [-0.3, -0.25) is 9.80 Å². The minimum Gasteiger partial charge on any atom is -0.497 e. The molecule has 0 spiro atoms. The molecule has 2 heterocycles. The van der Waals surface area contributed by atoms with Crippen LogP contribution in [0.15, 0.2) is 94.7 Å². The van der Waals surface area contributed by atoms with E-state index >= 15 is 0 Å². The van der Waals surface area contributed by atoms with Crippen LogP contribution in [0.4, 0.5) is 0 Å². The molecule has 39 heavy (non-hydrogen) atoms. The number of ether oxygens (including phenoxy) is 5. The smallest absolute Gasteiger partial charge is 0.143 e. The molecule has 0 saturated carbocycles. The minimum atomic E-state index is 0.530. The molecule has 7 nitrogen and oxygen atoms in total. The molecule has 2 aliphatic rings. The fourth-order valence-corrected chi connectivity index (χ4v) is 5.50. The number of benzene rings is 4. The maximum atomic E-state index is 6.18. The second-order valence-corrected chi connectivity index (χ2v) is 10.6. The standard InChI is InChI=1S/C31H30N2O5S/c1-34-24-3-9-28(10-4-24)39-29-11-5-25(6-12-29)38-27-8-14-31-23(16-27)18-33(21-37-31)19-32-17-22-15-26(35-2)7-13-30(22)36-20-32/h3-16H,17-21H2,1-2H3. The van der Waals surface area contributed by atoms with Gasteiger partial charge in [0, 0.05) is 34.0 Å². The molecule has 0 fully saturated rings. The first kappa shape index (κ1) is 25.4. The molecule has 4 aromatic rings. The Balaban J connectivity index is 1.06. The van der Waals surface area contributed by atoms with Crippen molar-refractivity contribution in [3.63, 3.8) is 0 Å². The van der Waals surface area contributed by atoms with E-state index in [1.54, 1.807) is 26.0 Å². The molecule has 0 saturated heterocycles. The van der Waals surface area contributed by atoms with E-state index < -0.39 is 0 Å². The summed E-state index contributed by atoms with van der Waals surface area (Å²) in [6, 6.07) is 28.1. The predicted octanol–water partition coefficient (Wildman–Crippen LogP) is 6.61. The van der Waals surface area contributed by atoms with Crippen LogP contribution in [-0.2, 0) is 13.1 Å². The van der Waals surface area contributed by atoms with Crippen molar-refractivity contribution in [1.82, 2.24) is 9.80 Å². The van der Waals surface area contributed by atoms with E-state index in [1.807, 2.05) is 54.6 Å². The minimum absolute atomic E-state index is 0.530. The van der Waals surface area contributed by atoms with E-state index in [0.717, 1.165) is 75.2 Å². The van der Waals surface area contributed by atoms with Crippen LogP contribution >= 0.6 is 11.8 Å². The Morgan fingerprint density at radius 2 is 1.10 bits per heavy atom. The van der Waals surface area contributed by atoms with Gasteiger partial charge >= 0.3 is 0 Å². The van der Waals surface area contributed by atoms with E-state index in [2.05, 4.69) is 40.1 Å². The highest BCUT2D eigenvalue weighted by atomic mass is 32.2. The zero-order chi connectivity index (χ0) is 26.6. The van der Waals surface area contributed by atoms with Gasteiger partial charge in [-0.05, 0) is 84.9 Å². The van der Waals surface area contributed by atoms with Gasteiger partial charge in [-0.25, -0.2) is 0 Å². The van der Waals surface area contributed by atoms with Crippen LogP contribution in [-0.4, -0.2) is 44.1 Å². The lowest BCUT2D eigenvalue weighted by atomic mass is 10.1. The highest BCUT2D eigenvalue weighted by molar-refractivity contribution is 7.99. The first-order valence-electron chi connectivity index (χ1n) is 12.8. The third-order valence-electron chi connectivity index (χ3n) is 6.65. The lowest BCUT2D eigenvalue weighted by Crippen LogP contribution is -2.44. The van der Waals surface area contributed by atoms with Gasteiger partial charge in [-0.2, -0.15) is 0 Å². The summed E-state index contributed by atoms with van der Waals surface area (Å²) >= 11 is 1.70. The van der Waals surface area contributed by atoms with Gasteiger partial charge in [0.05, 0.1) is 20.9 Å². The Kier molecular flexibility index (Phi) is 7.49. The zero-order valence-corrected chi connectivity index (χ0v) is 22.8. The molecule has 0 N–H and O–H groups in total. The van der Waals surface area contributed by atoms with Gasteiger partial charge in [-0.15, -0.1) is 0 Å². The first-order chi connectivity index (χ1) is 19.1. The zero-order valence-electron chi connectivity index (χ0n) is 22.0. The third-order valence-corrected chi connectivity index (χ3v) is 7.66. The van der Waals surface area contributed by atoms with Gasteiger partial charge in [0.2, 0.25) is 0 Å². The van der Waals surface area contributed by atoms with Crippen LogP contribution in [0, 0.1) is 0 Å². The third kappa shape index (κ3) is 6.09. The van der Waals surface area contributed by atoms with E-state index in [1.165, 1.54) is 0 Å². The summed E-state index contributed by atoms with van der Waals surface area (Å²) < 4.78 is 28.8. The van der Waals surface area contributed by atoms with Crippen molar-refractivity contribution in [3.05, 3.63) is 96.1 Å². The lowest BCUT2D eigenvalue weighted by Gasteiger charge is -2.35. The normalized spacial score (nSPS) is 14.9. The number of nitrogens with zero attached hydrogens (tertiary/aromatic N) is 2. The number of hydrogen-bond acceptors (Lipinski definition) is 8. The predicted molar refractivity (Wildman–Crippen MR) is 150 cm³/mol. The Morgan fingerprint density at radius 3 is 1.67 bits per heavy atom. The van der Waals surface area contributed by atoms with Gasteiger partial charge in [0.1, 0.15) is 48.0 Å². The largest absolute Gasteiger partial charge is 0.497 e. The Morgan fingerprint density at radius 1 is 0.615 bits per heavy atom. The SMILES string of the molecule is COc1ccc(Sc2ccc(Oc3ccc4c(c3)CN(CN3COc5ccc(OC)cc5C3)CO4)cc2)cc1. The summed E-state index contributed by atoms with van der Waals surface area (Å²) in [5.74, 6) is 5.09. The molecule has 2 aliphatic heterocycles. The van der Waals surface area contributed by atoms with Crippen LogP contribution < -0.4 is 23.7 Å². The molecular weight excluding hydrogens is 512 g/mol. The summed E-state index contributed by atoms with van der Waals surface area (Å²) in [5.41, 5.74) is 2.23. The molecular formula is C31H30N2O5S. The molecule has 8 heteroatoms. The summed E-state index contributed by atoms with van der Waals surface area (Å²) in [4.78, 5) is 6.81. The van der Waals surface area contributed by atoms with Crippen LogP contribution in [0.1, 0.15) is 11.1 Å². The van der Waals surface area contributed by atoms with Crippen molar-refractivity contribution < 1.29 is 23.7 Å². The maximum Gasteiger partial charge on any atom is 0.143 e. The highest BCUT2D eigenvalue weighted by Crippen LogP contribution is 2.34. The monoisotopic (exact) mass is 542 g/mol. The Labute approximate surface area is 232 Å².